The fraction of sp³-hybridized carbons (Fsp3) is 0.300. The Balaban J connectivity index is 1.74. The van der Waals surface area contributed by atoms with Gasteiger partial charge in [0.25, 0.3) is 5.91 Å². The minimum Gasteiger partial charge on any atom is -0.339 e. The van der Waals surface area contributed by atoms with Gasteiger partial charge in [0.05, 0.1) is 11.5 Å². The molecule has 0 saturated carbocycles. The normalized spacial score (nSPS) is 16.6. The molecule has 2 aromatic carbocycles. The third-order valence-electron chi connectivity index (χ3n) is 4.74. The number of aryl methyl sites for hydroxylation is 1. The van der Waals surface area contributed by atoms with E-state index in [0.29, 0.717) is 25.9 Å². The van der Waals surface area contributed by atoms with Crippen LogP contribution in [0.1, 0.15) is 34.3 Å². The SMILES string of the molecule is Cc1ccc(C(=O)N2CCC(C#N)(c3ccccc3)CC2)cc1. The lowest BCUT2D eigenvalue weighted by Gasteiger charge is -2.37. The fourth-order valence-electron chi connectivity index (χ4n) is 3.19. The van der Waals surface area contributed by atoms with Crippen LogP contribution < -0.4 is 0 Å². The molecule has 2 aromatic rings. The van der Waals surface area contributed by atoms with Crippen molar-refractivity contribution in [3.8, 4) is 6.07 Å². The Morgan fingerprint density at radius 2 is 1.65 bits per heavy atom. The van der Waals surface area contributed by atoms with Crippen LogP contribution in [0.2, 0.25) is 0 Å². The topological polar surface area (TPSA) is 44.1 Å². The summed E-state index contributed by atoms with van der Waals surface area (Å²) in [7, 11) is 0. The molecule has 1 amide bonds. The Labute approximate surface area is 137 Å². The highest BCUT2D eigenvalue weighted by atomic mass is 16.2. The van der Waals surface area contributed by atoms with E-state index < -0.39 is 5.41 Å². The van der Waals surface area contributed by atoms with Gasteiger partial charge in [-0.3, -0.25) is 4.79 Å². The second kappa shape index (κ2) is 6.26. The smallest absolute Gasteiger partial charge is 0.253 e. The van der Waals surface area contributed by atoms with Gasteiger partial charge in [0.1, 0.15) is 0 Å². The highest BCUT2D eigenvalue weighted by Gasteiger charge is 2.37. The number of piperidine rings is 1. The van der Waals surface area contributed by atoms with Crippen LogP contribution in [-0.4, -0.2) is 23.9 Å². The Morgan fingerprint density at radius 1 is 1.04 bits per heavy atom. The first-order valence-electron chi connectivity index (χ1n) is 7.97. The van der Waals surface area contributed by atoms with Crippen molar-refractivity contribution in [1.29, 1.82) is 5.26 Å². The second-order valence-corrected chi connectivity index (χ2v) is 6.22. The van der Waals surface area contributed by atoms with Crippen molar-refractivity contribution in [2.45, 2.75) is 25.2 Å². The molecule has 0 N–H and O–H groups in total. The molecular weight excluding hydrogens is 284 g/mol. The average Bonchev–Trinajstić information content (AvgIpc) is 2.62. The van der Waals surface area contributed by atoms with Gasteiger partial charge < -0.3 is 4.90 Å². The first kappa shape index (κ1) is 15.3. The molecule has 1 heterocycles. The largest absolute Gasteiger partial charge is 0.339 e. The van der Waals surface area contributed by atoms with E-state index in [-0.39, 0.29) is 5.91 Å². The maximum absolute atomic E-state index is 12.6. The molecule has 0 spiro atoms. The van der Waals surface area contributed by atoms with Crippen LogP contribution in [0.3, 0.4) is 0 Å². The van der Waals surface area contributed by atoms with Crippen LogP contribution in [0.25, 0.3) is 0 Å². The summed E-state index contributed by atoms with van der Waals surface area (Å²) in [4.78, 5) is 14.5. The number of likely N-dealkylation sites (tertiary alicyclic amines) is 1. The molecule has 0 aliphatic carbocycles. The molecule has 0 bridgehead atoms. The van der Waals surface area contributed by atoms with Crippen molar-refractivity contribution >= 4 is 5.91 Å². The molecule has 1 fully saturated rings. The zero-order valence-corrected chi connectivity index (χ0v) is 13.3. The monoisotopic (exact) mass is 304 g/mol. The summed E-state index contributed by atoms with van der Waals surface area (Å²) in [6.07, 6.45) is 1.37. The van der Waals surface area contributed by atoms with Crippen LogP contribution in [0.15, 0.2) is 54.6 Å². The standard InChI is InChI=1S/C20H20N2O/c1-16-7-9-17(10-8-16)19(23)22-13-11-20(15-21,12-14-22)18-5-3-2-4-6-18/h2-10H,11-14H2,1H3. The van der Waals surface area contributed by atoms with E-state index in [1.807, 2.05) is 66.4 Å². The third-order valence-corrected chi connectivity index (χ3v) is 4.74. The molecular formula is C20H20N2O. The molecule has 0 unspecified atom stereocenters. The number of rotatable bonds is 2. The summed E-state index contributed by atoms with van der Waals surface area (Å²) in [6.45, 7) is 3.25. The predicted octanol–water partition coefficient (Wildman–Crippen LogP) is 3.69. The lowest BCUT2D eigenvalue weighted by atomic mass is 9.74. The van der Waals surface area contributed by atoms with Crippen LogP contribution >= 0.6 is 0 Å². The minimum absolute atomic E-state index is 0.0598. The van der Waals surface area contributed by atoms with Crippen molar-refractivity contribution in [3.63, 3.8) is 0 Å². The van der Waals surface area contributed by atoms with Gasteiger partial charge in [0.15, 0.2) is 0 Å². The molecule has 1 saturated heterocycles. The van der Waals surface area contributed by atoms with Gasteiger partial charge >= 0.3 is 0 Å². The fourth-order valence-corrected chi connectivity index (χ4v) is 3.19. The van der Waals surface area contributed by atoms with Gasteiger partial charge in [0, 0.05) is 18.7 Å². The van der Waals surface area contributed by atoms with Gasteiger partial charge in [-0.2, -0.15) is 5.26 Å². The van der Waals surface area contributed by atoms with Crippen LogP contribution in [-0.2, 0) is 5.41 Å². The van der Waals surface area contributed by atoms with Crippen LogP contribution in [0, 0.1) is 18.3 Å². The van der Waals surface area contributed by atoms with E-state index in [9.17, 15) is 10.1 Å². The molecule has 1 aliphatic rings. The summed E-state index contributed by atoms with van der Waals surface area (Å²) in [5.74, 6) is 0.0598. The van der Waals surface area contributed by atoms with Crippen LogP contribution in [0.5, 0.6) is 0 Å². The van der Waals surface area contributed by atoms with E-state index >= 15 is 0 Å². The third kappa shape index (κ3) is 2.98. The van der Waals surface area contributed by atoms with E-state index in [1.54, 1.807) is 0 Å². The summed E-state index contributed by atoms with van der Waals surface area (Å²) in [6, 6.07) is 20.1. The van der Waals surface area contributed by atoms with Gasteiger partial charge in [-0.1, -0.05) is 48.0 Å². The highest BCUT2D eigenvalue weighted by Crippen LogP contribution is 2.35. The summed E-state index contributed by atoms with van der Waals surface area (Å²) < 4.78 is 0. The molecule has 0 aromatic heterocycles. The number of carbonyl (C=O) groups is 1. The Hall–Kier alpha value is -2.60. The van der Waals surface area contributed by atoms with Gasteiger partial charge in [-0.25, -0.2) is 0 Å². The highest BCUT2D eigenvalue weighted by molar-refractivity contribution is 5.94. The van der Waals surface area contributed by atoms with E-state index in [4.69, 9.17) is 0 Å². The summed E-state index contributed by atoms with van der Waals surface area (Å²) >= 11 is 0. The molecule has 1 aliphatic heterocycles. The molecule has 0 atom stereocenters. The van der Waals surface area contributed by atoms with Gasteiger partial charge in [0.2, 0.25) is 0 Å². The number of hydrogen-bond donors (Lipinski definition) is 0. The van der Waals surface area contributed by atoms with Crippen molar-refractivity contribution in [1.82, 2.24) is 4.90 Å². The Bertz CT molecular complexity index is 720. The summed E-state index contributed by atoms with van der Waals surface area (Å²) in [5.41, 5.74) is 2.46. The minimum atomic E-state index is -0.467. The second-order valence-electron chi connectivity index (χ2n) is 6.22. The first-order chi connectivity index (χ1) is 11.1. The molecule has 23 heavy (non-hydrogen) atoms. The van der Waals surface area contributed by atoms with Gasteiger partial charge in [-0.05, 0) is 37.5 Å². The number of amides is 1. The molecule has 0 radical (unpaired) electrons. The average molecular weight is 304 g/mol. The first-order valence-corrected chi connectivity index (χ1v) is 7.97. The lowest BCUT2D eigenvalue weighted by molar-refractivity contribution is 0.0692. The Morgan fingerprint density at radius 3 is 2.22 bits per heavy atom. The predicted molar refractivity (Wildman–Crippen MR) is 90.0 cm³/mol. The van der Waals surface area contributed by atoms with Crippen molar-refractivity contribution in [2.24, 2.45) is 0 Å². The molecule has 3 rings (SSSR count). The zero-order valence-electron chi connectivity index (χ0n) is 13.3. The zero-order chi connectivity index (χ0) is 16.3. The molecule has 3 heteroatoms. The van der Waals surface area contributed by atoms with Crippen molar-refractivity contribution in [2.75, 3.05) is 13.1 Å². The van der Waals surface area contributed by atoms with E-state index in [2.05, 4.69) is 6.07 Å². The van der Waals surface area contributed by atoms with E-state index in [1.165, 1.54) is 0 Å². The van der Waals surface area contributed by atoms with Gasteiger partial charge in [-0.15, -0.1) is 0 Å². The quantitative estimate of drug-likeness (QED) is 0.849. The van der Waals surface area contributed by atoms with Crippen LogP contribution in [0.4, 0.5) is 0 Å². The number of hydrogen-bond acceptors (Lipinski definition) is 2. The van der Waals surface area contributed by atoms with E-state index in [0.717, 1.165) is 16.7 Å². The number of nitriles is 1. The lowest BCUT2D eigenvalue weighted by Crippen LogP contribution is -2.44. The Kier molecular flexibility index (Phi) is 4.16. The van der Waals surface area contributed by atoms with Crippen molar-refractivity contribution in [3.05, 3.63) is 71.3 Å². The number of benzene rings is 2. The number of carbonyl (C=O) groups excluding carboxylic acids is 1. The maximum atomic E-state index is 12.6. The van der Waals surface area contributed by atoms with Crippen molar-refractivity contribution < 1.29 is 4.79 Å². The summed E-state index contributed by atoms with van der Waals surface area (Å²) in [5, 5.41) is 9.71. The molecule has 3 nitrogen and oxygen atoms in total. The number of nitrogens with zero attached hydrogens (tertiary/aromatic N) is 2. The molecule has 116 valence electrons. The maximum Gasteiger partial charge on any atom is 0.253 e.